The number of hydrazone groups is 1. The van der Waals surface area contributed by atoms with Crippen molar-refractivity contribution in [1.82, 2.24) is 5.43 Å². The van der Waals surface area contributed by atoms with Crippen molar-refractivity contribution in [1.29, 1.82) is 0 Å². The number of hydrogen-bond donors (Lipinski definition) is 2. The van der Waals surface area contributed by atoms with Gasteiger partial charge in [0.15, 0.2) is 5.75 Å². The zero-order valence-corrected chi connectivity index (χ0v) is 14.8. The largest absolute Gasteiger partial charge is 0.505 e. The van der Waals surface area contributed by atoms with Crippen LogP contribution in [0.25, 0.3) is 0 Å². The molecule has 0 fully saturated rings. The van der Waals surface area contributed by atoms with Gasteiger partial charge < -0.3 is 9.84 Å². The zero-order chi connectivity index (χ0) is 17.7. The van der Waals surface area contributed by atoms with Crippen molar-refractivity contribution >= 4 is 46.9 Å². The van der Waals surface area contributed by atoms with Crippen molar-refractivity contribution in [2.24, 2.45) is 5.10 Å². The average Bonchev–Trinajstić information content (AvgIpc) is 2.54. The molecule has 0 saturated carbocycles. The maximum Gasteiger partial charge on any atom is 0.244 e. The van der Waals surface area contributed by atoms with E-state index in [1.165, 1.54) is 25.5 Å². The third-order valence-corrected chi connectivity index (χ3v) is 3.99. The minimum atomic E-state index is -0.350. The summed E-state index contributed by atoms with van der Waals surface area (Å²) in [5.41, 5.74) is 3.53. The monoisotopic (exact) mass is 386 g/mol. The van der Waals surface area contributed by atoms with E-state index in [-0.39, 0.29) is 28.1 Å². The predicted molar refractivity (Wildman–Crippen MR) is 95.6 cm³/mol. The van der Waals surface area contributed by atoms with Gasteiger partial charge in [0.2, 0.25) is 5.91 Å². The van der Waals surface area contributed by atoms with Gasteiger partial charge in [-0.3, -0.25) is 4.79 Å². The van der Waals surface area contributed by atoms with Gasteiger partial charge in [0, 0.05) is 5.02 Å². The molecule has 2 aromatic carbocycles. The fourth-order valence-electron chi connectivity index (χ4n) is 1.86. The number of aromatic hydroxyl groups is 1. The van der Waals surface area contributed by atoms with E-state index in [0.29, 0.717) is 21.9 Å². The van der Waals surface area contributed by atoms with Crippen molar-refractivity contribution in [2.45, 2.75) is 6.42 Å². The maximum absolute atomic E-state index is 11.9. The van der Waals surface area contributed by atoms with Crippen molar-refractivity contribution < 1.29 is 14.6 Å². The smallest absolute Gasteiger partial charge is 0.244 e. The third-order valence-electron chi connectivity index (χ3n) is 3.05. The van der Waals surface area contributed by atoms with Gasteiger partial charge >= 0.3 is 0 Å². The standard InChI is InChI=1S/C16H13Cl3N2O3/c1-24-11-2-3-12(17)10(6-11)7-15(22)21-20-8-9-4-13(18)16(23)14(19)5-9/h2-6,8,23H,7H2,1H3,(H,21,22)/b20-8+. The first-order valence-electron chi connectivity index (χ1n) is 6.73. The minimum Gasteiger partial charge on any atom is -0.505 e. The number of carbonyl (C=O) groups is 1. The Bertz CT molecular complexity index is 771. The molecule has 0 bridgehead atoms. The fraction of sp³-hybridized carbons (Fsp3) is 0.125. The van der Waals surface area contributed by atoms with Gasteiger partial charge in [-0.05, 0) is 41.5 Å². The van der Waals surface area contributed by atoms with Crippen LogP contribution in [0.2, 0.25) is 15.1 Å². The Morgan fingerprint density at radius 1 is 1.21 bits per heavy atom. The molecule has 2 rings (SSSR count). The molecule has 8 heteroatoms. The SMILES string of the molecule is COc1ccc(Cl)c(CC(=O)N/N=C/c2cc(Cl)c(O)c(Cl)c2)c1. The molecule has 5 nitrogen and oxygen atoms in total. The van der Waals surface area contributed by atoms with Gasteiger partial charge in [0.1, 0.15) is 5.75 Å². The lowest BCUT2D eigenvalue weighted by molar-refractivity contribution is -0.120. The molecule has 0 radical (unpaired) electrons. The minimum absolute atomic E-state index is 0.0461. The van der Waals surface area contributed by atoms with Gasteiger partial charge in [-0.15, -0.1) is 0 Å². The first-order chi connectivity index (χ1) is 11.4. The van der Waals surface area contributed by atoms with E-state index in [9.17, 15) is 9.90 Å². The number of ether oxygens (including phenoxy) is 1. The number of amides is 1. The topological polar surface area (TPSA) is 70.9 Å². The Morgan fingerprint density at radius 2 is 1.88 bits per heavy atom. The second kappa shape index (κ2) is 8.24. The first-order valence-corrected chi connectivity index (χ1v) is 7.86. The summed E-state index contributed by atoms with van der Waals surface area (Å²) >= 11 is 17.7. The highest BCUT2D eigenvalue weighted by atomic mass is 35.5. The van der Waals surface area contributed by atoms with E-state index < -0.39 is 0 Å². The summed E-state index contributed by atoms with van der Waals surface area (Å²) in [5.74, 6) is 0.0589. The third kappa shape index (κ3) is 4.77. The molecular weight excluding hydrogens is 375 g/mol. The molecule has 0 spiro atoms. The van der Waals surface area contributed by atoms with Crippen LogP contribution in [0.15, 0.2) is 35.4 Å². The van der Waals surface area contributed by atoms with Gasteiger partial charge in [0.05, 0.1) is 29.8 Å². The Morgan fingerprint density at radius 3 is 2.50 bits per heavy atom. The van der Waals surface area contributed by atoms with Crippen LogP contribution < -0.4 is 10.2 Å². The lowest BCUT2D eigenvalue weighted by Gasteiger charge is -2.06. The molecule has 2 aromatic rings. The average molecular weight is 388 g/mol. The van der Waals surface area contributed by atoms with E-state index in [0.717, 1.165) is 0 Å². The molecule has 0 saturated heterocycles. The highest BCUT2D eigenvalue weighted by Crippen LogP contribution is 2.32. The van der Waals surface area contributed by atoms with Crippen LogP contribution in [0.4, 0.5) is 0 Å². The lowest BCUT2D eigenvalue weighted by atomic mass is 10.1. The molecule has 24 heavy (non-hydrogen) atoms. The van der Waals surface area contributed by atoms with Crippen LogP contribution in [0.5, 0.6) is 11.5 Å². The maximum atomic E-state index is 11.9. The van der Waals surface area contributed by atoms with Gasteiger partial charge in [-0.25, -0.2) is 5.43 Å². The Kier molecular flexibility index (Phi) is 6.31. The summed E-state index contributed by atoms with van der Waals surface area (Å²) in [6.45, 7) is 0. The number of phenolic OH excluding ortho intramolecular Hbond substituents is 1. The molecule has 0 atom stereocenters. The quantitative estimate of drug-likeness (QED) is 0.600. The highest BCUT2D eigenvalue weighted by Gasteiger charge is 2.08. The molecule has 0 unspecified atom stereocenters. The van der Waals surface area contributed by atoms with Crippen LogP contribution in [0, 0.1) is 0 Å². The summed E-state index contributed by atoms with van der Waals surface area (Å²) in [5, 5.41) is 14.0. The van der Waals surface area contributed by atoms with E-state index in [4.69, 9.17) is 39.5 Å². The number of halogens is 3. The number of nitrogens with one attached hydrogen (secondary N) is 1. The second-order valence-corrected chi connectivity index (χ2v) is 5.98. The number of hydrogen-bond acceptors (Lipinski definition) is 4. The number of methoxy groups -OCH3 is 1. The Hall–Kier alpha value is -1.95. The van der Waals surface area contributed by atoms with E-state index in [2.05, 4.69) is 10.5 Å². The number of phenols is 1. The molecule has 0 heterocycles. The molecule has 2 N–H and O–H groups in total. The Balaban J connectivity index is 2.01. The summed E-state index contributed by atoms with van der Waals surface area (Å²) < 4.78 is 5.10. The van der Waals surface area contributed by atoms with Gasteiger partial charge in [-0.2, -0.15) is 5.10 Å². The number of nitrogens with zero attached hydrogens (tertiary/aromatic N) is 1. The van der Waals surface area contributed by atoms with E-state index in [1.54, 1.807) is 18.2 Å². The normalized spacial score (nSPS) is 10.8. The van der Waals surface area contributed by atoms with Crippen LogP contribution >= 0.6 is 34.8 Å². The molecule has 0 aliphatic heterocycles. The van der Waals surface area contributed by atoms with E-state index >= 15 is 0 Å². The van der Waals surface area contributed by atoms with Crippen LogP contribution in [0.3, 0.4) is 0 Å². The fourth-order valence-corrected chi connectivity index (χ4v) is 2.55. The molecule has 0 aromatic heterocycles. The summed E-state index contributed by atoms with van der Waals surface area (Å²) in [6, 6.07) is 7.99. The second-order valence-electron chi connectivity index (χ2n) is 4.76. The molecule has 1 amide bonds. The number of benzene rings is 2. The van der Waals surface area contributed by atoms with Gasteiger partial charge in [-0.1, -0.05) is 34.8 Å². The lowest BCUT2D eigenvalue weighted by Crippen LogP contribution is -2.20. The number of carbonyl (C=O) groups excluding carboxylic acids is 1. The van der Waals surface area contributed by atoms with Crippen molar-refractivity contribution in [3.63, 3.8) is 0 Å². The summed E-state index contributed by atoms with van der Waals surface area (Å²) in [7, 11) is 1.53. The molecule has 126 valence electrons. The first kappa shape index (κ1) is 18.4. The van der Waals surface area contributed by atoms with Crippen LogP contribution in [-0.4, -0.2) is 24.3 Å². The zero-order valence-electron chi connectivity index (χ0n) is 12.5. The van der Waals surface area contributed by atoms with Crippen molar-refractivity contribution in [3.8, 4) is 11.5 Å². The summed E-state index contributed by atoms with van der Waals surface area (Å²) in [6.07, 6.45) is 1.41. The van der Waals surface area contributed by atoms with Gasteiger partial charge in [0.25, 0.3) is 0 Å². The molecular formula is C16H13Cl3N2O3. The number of rotatable bonds is 5. The molecule has 0 aliphatic rings. The predicted octanol–water partition coefficient (Wildman–Crippen LogP) is 4.05. The highest BCUT2D eigenvalue weighted by molar-refractivity contribution is 6.37. The Labute approximate surface area is 153 Å². The van der Waals surface area contributed by atoms with Crippen LogP contribution in [0.1, 0.15) is 11.1 Å². The van der Waals surface area contributed by atoms with Crippen LogP contribution in [-0.2, 0) is 11.2 Å². The van der Waals surface area contributed by atoms with Crippen molar-refractivity contribution in [3.05, 3.63) is 56.5 Å². The van der Waals surface area contributed by atoms with E-state index in [1.807, 2.05) is 0 Å². The summed E-state index contributed by atoms with van der Waals surface area (Å²) in [4.78, 5) is 11.9. The van der Waals surface area contributed by atoms with Crippen molar-refractivity contribution in [2.75, 3.05) is 7.11 Å². The molecule has 0 aliphatic carbocycles.